The Morgan fingerprint density at radius 3 is 2.72 bits per heavy atom. The molecule has 0 saturated carbocycles. The van der Waals surface area contributed by atoms with Gasteiger partial charge in [0, 0.05) is 10.2 Å². The normalized spacial score (nSPS) is 11.0. The number of hydrogen-bond acceptors (Lipinski definition) is 4. The highest BCUT2D eigenvalue weighted by Gasteiger charge is 2.12. The van der Waals surface area contributed by atoms with E-state index in [1.54, 1.807) is 12.5 Å². The monoisotopic (exact) mass is 393 g/mol. The molecule has 2 aromatic carbocycles. The summed E-state index contributed by atoms with van der Waals surface area (Å²) in [5.74, 6) is 0.735. The second-order valence-corrected chi connectivity index (χ2v) is 6.86. The topological polar surface area (TPSA) is 55.6 Å². The number of nitrogens with zero attached hydrogens (tertiary/aromatic N) is 4. The minimum absolute atomic E-state index is 0.735. The average Bonchev–Trinajstić information content (AvgIpc) is 3.00. The maximum Gasteiger partial charge on any atom is 0.168 e. The van der Waals surface area contributed by atoms with E-state index in [0.29, 0.717) is 0 Å². The van der Waals surface area contributed by atoms with Crippen molar-refractivity contribution in [2.75, 3.05) is 5.32 Å². The molecular weight excluding hydrogens is 378 g/mol. The summed E-state index contributed by atoms with van der Waals surface area (Å²) in [5.41, 5.74) is 5.13. The van der Waals surface area contributed by atoms with Gasteiger partial charge in [0.15, 0.2) is 5.65 Å². The van der Waals surface area contributed by atoms with Crippen molar-refractivity contribution in [1.82, 2.24) is 19.7 Å². The van der Waals surface area contributed by atoms with Crippen LogP contribution in [-0.2, 0) is 0 Å². The lowest BCUT2D eigenvalue weighted by molar-refractivity contribution is 0.886. The van der Waals surface area contributed by atoms with E-state index in [1.807, 2.05) is 28.9 Å². The molecule has 0 spiro atoms. The summed E-state index contributed by atoms with van der Waals surface area (Å²) >= 11 is 3.48. The van der Waals surface area contributed by atoms with E-state index < -0.39 is 0 Å². The summed E-state index contributed by atoms with van der Waals surface area (Å²) in [7, 11) is 0. The molecule has 25 heavy (non-hydrogen) atoms. The minimum Gasteiger partial charge on any atom is -0.339 e. The lowest BCUT2D eigenvalue weighted by Gasteiger charge is -2.09. The fourth-order valence-corrected chi connectivity index (χ4v) is 3.27. The Hall–Kier alpha value is -2.73. The number of nitrogens with one attached hydrogen (secondary N) is 1. The first-order valence-corrected chi connectivity index (χ1v) is 8.70. The Labute approximate surface area is 153 Å². The zero-order valence-corrected chi connectivity index (χ0v) is 15.4. The molecule has 0 unspecified atom stereocenters. The molecule has 124 valence electrons. The molecular formula is C19H16BrN5. The zero-order valence-electron chi connectivity index (χ0n) is 13.9. The van der Waals surface area contributed by atoms with Crippen LogP contribution in [0.2, 0.25) is 0 Å². The van der Waals surface area contributed by atoms with E-state index in [2.05, 4.69) is 68.4 Å². The molecule has 0 aliphatic heterocycles. The third kappa shape index (κ3) is 3.00. The molecule has 0 aliphatic carbocycles. The minimum atomic E-state index is 0.735. The second-order valence-electron chi connectivity index (χ2n) is 5.94. The number of anilines is 2. The van der Waals surface area contributed by atoms with Gasteiger partial charge < -0.3 is 5.32 Å². The van der Waals surface area contributed by atoms with Crippen molar-refractivity contribution in [2.45, 2.75) is 13.8 Å². The first-order chi connectivity index (χ1) is 12.1. The molecule has 0 radical (unpaired) electrons. The number of benzene rings is 2. The van der Waals surface area contributed by atoms with Crippen LogP contribution in [0.25, 0.3) is 16.7 Å². The summed E-state index contributed by atoms with van der Waals surface area (Å²) in [5, 5.41) is 8.76. The molecule has 0 bridgehead atoms. The predicted octanol–water partition coefficient (Wildman–Crippen LogP) is 4.94. The van der Waals surface area contributed by atoms with E-state index in [-0.39, 0.29) is 0 Å². The Morgan fingerprint density at radius 2 is 1.92 bits per heavy atom. The molecule has 0 aliphatic rings. The predicted molar refractivity (Wildman–Crippen MR) is 104 cm³/mol. The lowest BCUT2D eigenvalue weighted by atomic mass is 10.1. The van der Waals surface area contributed by atoms with Crippen LogP contribution in [0.5, 0.6) is 0 Å². The van der Waals surface area contributed by atoms with Gasteiger partial charge in [0.05, 0.1) is 17.3 Å². The smallest absolute Gasteiger partial charge is 0.168 e. The van der Waals surface area contributed by atoms with Crippen molar-refractivity contribution in [3.63, 3.8) is 0 Å². The Kier molecular flexibility index (Phi) is 3.97. The van der Waals surface area contributed by atoms with Crippen LogP contribution in [0.15, 0.2) is 59.5 Å². The molecule has 2 heterocycles. The van der Waals surface area contributed by atoms with Crippen LogP contribution in [-0.4, -0.2) is 19.7 Å². The van der Waals surface area contributed by atoms with E-state index >= 15 is 0 Å². The van der Waals surface area contributed by atoms with Crippen LogP contribution in [0.1, 0.15) is 11.1 Å². The molecule has 0 amide bonds. The molecule has 4 aromatic rings. The number of halogens is 1. The van der Waals surface area contributed by atoms with Crippen molar-refractivity contribution in [3.05, 3.63) is 70.6 Å². The summed E-state index contributed by atoms with van der Waals surface area (Å²) < 4.78 is 2.87. The zero-order chi connectivity index (χ0) is 17.4. The molecule has 5 nitrogen and oxygen atoms in total. The van der Waals surface area contributed by atoms with Crippen molar-refractivity contribution >= 4 is 38.5 Å². The molecule has 6 heteroatoms. The largest absolute Gasteiger partial charge is 0.339 e. The SMILES string of the molecule is Cc1ccc(-n2ncc3c(Nc4cccc(Br)c4)ncnc32)c(C)c1. The molecule has 4 rings (SSSR count). The summed E-state index contributed by atoms with van der Waals surface area (Å²) in [4.78, 5) is 8.83. The van der Waals surface area contributed by atoms with E-state index in [0.717, 1.165) is 38.3 Å². The van der Waals surface area contributed by atoms with Crippen LogP contribution < -0.4 is 5.32 Å². The first kappa shape index (κ1) is 15.8. The number of hydrogen-bond donors (Lipinski definition) is 1. The summed E-state index contributed by atoms with van der Waals surface area (Å²) in [6, 6.07) is 14.3. The fourth-order valence-electron chi connectivity index (χ4n) is 2.87. The number of rotatable bonds is 3. The van der Waals surface area contributed by atoms with Gasteiger partial charge in [-0.1, -0.05) is 39.7 Å². The van der Waals surface area contributed by atoms with E-state index in [4.69, 9.17) is 0 Å². The van der Waals surface area contributed by atoms with Gasteiger partial charge >= 0.3 is 0 Å². The average molecular weight is 394 g/mol. The fraction of sp³-hybridized carbons (Fsp3) is 0.105. The highest BCUT2D eigenvalue weighted by Crippen LogP contribution is 2.26. The summed E-state index contributed by atoms with van der Waals surface area (Å²) in [6.07, 6.45) is 3.36. The number of aryl methyl sites for hydroxylation is 2. The van der Waals surface area contributed by atoms with Gasteiger partial charge in [-0.15, -0.1) is 0 Å². The quantitative estimate of drug-likeness (QED) is 0.535. The molecule has 0 saturated heterocycles. The van der Waals surface area contributed by atoms with Crippen LogP contribution in [0, 0.1) is 13.8 Å². The lowest BCUT2D eigenvalue weighted by Crippen LogP contribution is -2.01. The van der Waals surface area contributed by atoms with Gasteiger partial charge in [-0.3, -0.25) is 0 Å². The second kappa shape index (κ2) is 6.29. The van der Waals surface area contributed by atoms with Gasteiger partial charge in [0.25, 0.3) is 0 Å². The van der Waals surface area contributed by atoms with Gasteiger partial charge in [-0.2, -0.15) is 5.10 Å². The molecule has 0 atom stereocenters. The highest BCUT2D eigenvalue weighted by atomic mass is 79.9. The maximum absolute atomic E-state index is 4.54. The van der Waals surface area contributed by atoms with Crippen molar-refractivity contribution in [1.29, 1.82) is 0 Å². The van der Waals surface area contributed by atoms with Gasteiger partial charge in [0.1, 0.15) is 12.1 Å². The molecule has 2 aromatic heterocycles. The highest BCUT2D eigenvalue weighted by molar-refractivity contribution is 9.10. The first-order valence-electron chi connectivity index (χ1n) is 7.91. The number of fused-ring (bicyclic) bond motifs is 1. The van der Waals surface area contributed by atoms with Crippen molar-refractivity contribution < 1.29 is 0 Å². The third-order valence-electron chi connectivity index (χ3n) is 4.03. The Bertz CT molecular complexity index is 1070. The van der Waals surface area contributed by atoms with Crippen LogP contribution in [0.3, 0.4) is 0 Å². The standard InChI is InChI=1S/C19H16BrN5/c1-12-6-7-17(13(2)8-12)25-19-16(10-23-25)18(21-11-22-19)24-15-5-3-4-14(20)9-15/h3-11H,1-2H3,(H,21,22,24). The third-order valence-corrected chi connectivity index (χ3v) is 4.53. The molecule has 0 fully saturated rings. The Balaban J connectivity index is 1.80. The number of aromatic nitrogens is 4. The van der Waals surface area contributed by atoms with Crippen molar-refractivity contribution in [2.24, 2.45) is 0 Å². The molecule has 1 N–H and O–H groups in total. The maximum atomic E-state index is 4.54. The van der Waals surface area contributed by atoms with E-state index in [1.165, 1.54) is 5.56 Å². The van der Waals surface area contributed by atoms with Gasteiger partial charge in [-0.25, -0.2) is 14.6 Å². The van der Waals surface area contributed by atoms with Crippen LogP contribution >= 0.6 is 15.9 Å². The van der Waals surface area contributed by atoms with E-state index in [9.17, 15) is 0 Å². The van der Waals surface area contributed by atoms with Crippen LogP contribution in [0.4, 0.5) is 11.5 Å². The van der Waals surface area contributed by atoms with Gasteiger partial charge in [-0.05, 0) is 43.7 Å². The van der Waals surface area contributed by atoms with Crippen molar-refractivity contribution in [3.8, 4) is 5.69 Å². The van der Waals surface area contributed by atoms with Gasteiger partial charge in [0.2, 0.25) is 0 Å². The Morgan fingerprint density at radius 1 is 1.04 bits per heavy atom. The summed E-state index contributed by atoms with van der Waals surface area (Å²) in [6.45, 7) is 4.16.